The van der Waals surface area contributed by atoms with Crippen molar-refractivity contribution in [1.82, 2.24) is 14.5 Å². The summed E-state index contributed by atoms with van der Waals surface area (Å²) in [6.45, 7) is 4.89. The summed E-state index contributed by atoms with van der Waals surface area (Å²) in [6, 6.07) is 11.9. The predicted molar refractivity (Wildman–Crippen MR) is 113 cm³/mol. The van der Waals surface area contributed by atoms with Crippen molar-refractivity contribution in [3.63, 3.8) is 0 Å². The van der Waals surface area contributed by atoms with Crippen molar-refractivity contribution in [3.05, 3.63) is 74.2 Å². The second-order valence-electron chi connectivity index (χ2n) is 7.51. The minimum atomic E-state index is -0.193. The van der Waals surface area contributed by atoms with Crippen molar-refractivity contribution < 1.29 is 4.79 Å². The molecule has 144 valence electrons. The van der Waals surface area contributed by atoms with Crippen LogP contribution in [0.25, 0.3) is 10.9 Å². The molecule has 3 aromatic rings. The van der Waals surface area contributed by atoms with Crippen LogP contribution in [-0.2, 0) is 11.3 Å². The first-order valence-corrected chi connectivity index (χ1v) is 10.2. The molecule has 0 bridgehead atoms. The number of carbonyl (C=O) groups is 1. The summed E-state index contributed by atoms with van der Waals surface area (Å²) in [5.74, 6) is -0.0418. The summed E-state index contributed by atoms with van der Waals surface area (Å²) in [5.41, 5.74) is 4.02. The summed E-state index contributed by atoms with van der Waals surface area (Å²) in [7, 11) is 0. The van der Waals surface area contributed by atoms with Crippen molar-refractivity contribution in [3.8, 4) is 0 Å². The molecule has 0 saturated carbocycles. The van der Waals surface area contributed by atoms with Gasteiger partial charge in [-0.25, -0.2) is 4.98 Å². The summed E-state index contributed by atoms with van der Waals surface area (Å²) in [5, 5.41) is 0.511. The Bertz CT molecular complexity index is 1100. The molecular weight excluding hydrogens is 418 g/mol. The average Bonchev–Trinajstić information content (AvgIpc) is 3.13. The number of benzene rings is 2. The fraction of sp³-hybridized carbons (Fsp3) is 0.318. The van der Waals surface area contributed by atoms with Gasteiger partial charge in [0.1, 0.15) is 6.54 Å². The zero-order valence-corrected chi connectivity index (χ0v) is 17.6. The molecular formula is C22H22BrN3O2. The zero-order valence-electron chi connectivity index (χ0n) is 16.0. The molecule has 1 fully saturated rings. The van der Waals surface area contributed by atoms with Gasteiger partial charge in [-0.3, -0.25) is 14.2 Å². The van der Waals surface area contributed by atoms with Crippen molar-refractivity contribution in [2.24, 2.45) is 0 Å². The van der Waals surface area contributed by atoms with Gasteiger partial charge in [0.05, 0.1) is 23.3 Å². The maximum atomic E-state index is 13.1. The predicted octanol–water partition coefficient (Wildman–Crippen LogP) is 4.14. The zero-order chi connectivity index (χ0) is 19.8. The SMILES string of the molecule is Cc1cc(C)cc(C2CCCN2C(=O)Cn2cnc3ccc(Br)cc3c2=O)c1. The largest absolute Gasteiger partial charge is 0.334 e. The number of hydrogen-bond acceptors (Lipinski definition) is 3. The summed E-state index contributed by atoms with van der Waals surface area (Å²) >= 11 is 3.39. The molecule has 1 aliphatic rings. The molecule has 4 rings (SSSR count). The number of carbonyl (C=O) groups excluding carboxylic acids is 1. The highest BCUT2D eigenvalue weighted by Crippen LogP contribution is 2.33. The second-order valence-corrected chi connectivity index (χ2v) is 8.42. The van der Waals surface area contributed by atoms with E-state index in [-0.39, 0.29) is 24.1 Å². The van der Waals surface area contributed by atoms with Crippen LogP contribution >= 0.6 is 15.9 Å². The first-order valence-electron chi connectivity index (χ1n) is 9.45. The highest BCUT2D eigenvalue weighted by atomic mass is 79.9. The van der Waals surface area contributed by atoms with E-state index < -0.39 is 0 Å². The third-order valence-corrected chi connectivity index (χ3v) is 5.79. The topological polar surface area (TPSA) is 55.2 Å². The van der Waals surface area contributed by atoms with Gasteiger partial charge < -0.3 is 4.90 Å². The van der Waals surface area contributed by atoms with Gasteiger partial charge in [0.25, 0.3) is 5.56 Å². The molecule has 0 spiro atoms. The van der Waals surface area contributed by atoms with Crippen LogP contribution in [0.4, 0.5) is 0 Å². The van der Waals surface area contributed by atoms with E-state index in [1.54, 1.807) is 12.1 Å². The van der Waals surface area contributed by atoms with Gasteiger partial charge in [-0.15, -0.1) is 0 Å². The van der Waals surface area contributed by atoms with Gasteiger partial charge in [-0.2, -0.15) is 0 Å². The third kappa shape index (κ3) is 3.61. The van der Waals surface area contributed by atoms with E-state index in [0.29, 0.717) is 10.9 Å². The van der Waals surface area contributed by atoms with E-state index in [1.165, 1.54) is 27.6 Å². The van der Waals surface area contributed by atoms with Crippen molar-refractivity contribution in [1.29, 1.82) is 0 Å². The molecule has 1 amide bonds. The fourth-order valence-electron chi connectivity index (χ4n) is 4.09. The standard InChI is InChI=1S/C22H22BrN3O2/c1-14-8-15(2)10-16(9-14)20-4-3-7-26(20)21(27)12-25-13-24-19-6-5-17(23)11-18(19)22(25)28/h5-6,8-11,13,20H,3-4,7,12H2,1-2H3. The van der Waals surface area contributed by atoms with Gasteiger partial charge in [-0.1, -0.05) is 45.3 Å². The number of amides is 1. The Morgan fingerprint density at radius 2 is 1.93 bits per heavy atom. The number of fused-ring (bicyclic) bond motifs is 1. The van der Waals surface area contributed by atoms with Gasteiger partial charge in [0, 0.05) is 11.0 Å². The summed E-state index contributed by atoms with van der Waals surface area (Å²) < 4.78 is 2.23. The van der Waals surface area contributed by atoms with E-state index in [4.69, 9.17) is 0 Å². The normalized spacial score (nSPS) is 16.7. The highest BCUT2D eigenvalue weighted by Gasteiger charge is 2.30. The van der Waals surface area contributed by atoms with Crippen LogP contribution in [0.2, 0.25) is 0 Å². The second kappa shape index (κ2) is 7.51. The Hall–Kier alpha value is -2.47. The number of hydrogen-bond donors (Lipinski definition) is 0. The number of likely N-dealkylation sites (tertiary alicyclic amines) is 1. The Labute approximate surface area is 172 Å². The molecule has 1 atom stereocenters. The van der Waals surface area contributed by atoms with Crippen LogP contribution in [0.1, 0.15) is 35.6 Å². The molecule has 1 saturated heterocycles. The number of aromatic nitrogens is 2. The lowest BCUT2D eigenvalue weighted by atomic mass is 9.99. The first-order chi connectivity index (χ1) is 13.4. The lowest BCUT2D eigenvalue weighted by Crippen LogP contribution is -2.36. The van der Waals surface area contributed by atoms with E-state index in [1.807, 2.05) is 11.0 Å². The molecule has 6 heteroatoms. The number of rotatable bonds is 3. The average molecular weight is 440 g/mol. The maximum absolute atomic E-state index is 13.1. The Morgan fingerprint density at radius 3 is 2.68 bits per heavy atom. The van der Waals surface area contributed by atoms with E-state index in [9.17, 15) is 9.59 Å². The van der Waals surface area contributed by atoms with Crippen molar-refractivity contribution in [2.45, 2.75) is 39.3 Å². The monoisotopic (exact) mass is 439 g/mol. The molecule has 2 heterocycles. The van der Waals surface area contributed by atoms with Gasteiger partial charge in [0.15, 0.2) is 0 Å². The lowest BCUT2D eigenvalue weighted by molar-refractivity contribution is -0.132. The molecule has 1 aromatic heterocycles. The number of halogens is 1. The van der Waals surface area contributed by atoms with E-state index in [0.717, 1.165) is 23.9 Å². The Balaban J connectivity index is 1.62. The molecule has 0 N–H and O–H groups in total. The van der Waals surface area contributed by atoms with E-state index >= 15 is 0 Å². The first kappa shape index (κ1) is 18.9. The van der Waals surface area contributed by atoms with Crippen LogP contribution < -0.4 is 5.56 Å². The highest BCUT2D eigenvalue weighted by molar-refractivity contribution is 9.10. The van der Waals surface area contributed by atoms with Gasteiger partial charge >= 0.3 is 0 Å². The summed E-state index contributed by atoms with van der Waals surface area (Å²) in [4.78, 5) is 32.1. The Kier molecular flexibility index (Phi) is 5.06. The number of nitrogens with zero attached hydrogens (tertiary/aromatic N) is 3. The van der Waals surface area contributed by atoms with Gasteiger partial charge in [0.2, 0.25) is 5.91 Å². The van der Waals surface area contributed by atoms with Crippen LogP contribution in [-0.4, -0.2) is 26.9 Å². The fourth-order valence-corrected chi connectivity index (χ4v) is 4.46. The molecule has 5 nitrogen and oxygen atoms in total. The molecule has 1 aliphatic heterocycles. The lowest BCUT2D eigenvalue weighted by Gasteiger charge is -2.26. The quantitative estimate of drug-likeness (QED) is 0.615. The third-order valence-electron chi connectivity index (χ3n) is 5.29. The molecule has 2 aromatic carbocycles. The van der Waals surface area contributed by atoms with Crippen molar-refractivity contribution in [2.75, 3.05) is 6.54 Å². The molecule has 28 heavy (non-hydrogen) atoms. The summed E-state index contributed by atoms with van der Waals surface area (Å²) in [6.07, 6.45) is 3.39. The minimum absolute atomic E-state index is 0.00951. The maximum Gasteiger partial charge on any atom is 0.261 e. The van der Waals surface area contributed by atoms with Gasteiger partial charge in [-0.05, 0) is 50.5 Å². The molecule has 0 radical (unpaired) electrons. The van der Waals surface area contributed by atoms with Crippen LogP contribution in [0.3, 0.4) is 0 Å². The molecule has 0 aliphatic carbocycles. The Morgan fingerprint density at radius 1 is 1.18 bits per heavy atom. The van der Waals surface area contributed by atoms with Crippen molar-refractivity contribution >= 4 is 32.7 Å². The smallest absolute Gasteiger partial charge is 0.261 e. The van der Waals surface area contributed by atoms with Crippen LogP contribution in [0.15, 0.2) is 52.0 Å². The van der Waals surface area contributed by atoms with Crippen LogP contribution in [0, 0.1) is 13.8 Å². The number of aryl methyl sites for hydroxylation is 2. The van der Waals surface area contributed by atoms with Crippen LogP contribution in [0.5, 0.6) is 0 Å². The molecule has 1 unspecified atom stereocenters. The minimum Gasteiger partial charge on any atom is -0.334 e. The van der Waals surface area contributed by atoms with E-state index in [2.05, 4.69) is 53.0 Å².